The van der Waals surface area contributed by atoms with Gasteiger partial charge in [-0.25, -0.2) is 0 Å². The van der Waals surface area contributed by atoms with Gasteiger partial charge in [-0.15, -0.1) is 0 Å². The molecule has 0 atom stereocenters. The van der Waals surface area contributed by atoms with Crippen LogP contribution in [0.25, 0.3) is 0 Å². The third-order valence-corrected chi connectivity index (χ3v) is 3.27. The quantitative estimate of drug-likeness (QED) is 0.762. The van der Waals surface area contributed by atoms with Gasteiger partial charge in [-0.3, -0.25) is 9.59 Å². The number of carbonyl (C=O) groups is 2. The minimum Gasteiger partial charge on any atom is -0.460 e. The third kappa shape index (κ3) is 1.86. The van der Waals surface area contributed by atoms with E-state index in [1.807, 2.05) is 19.1 Å². The van der Waals surface area contributed by atoms with Crippen LogP contribution in [0.4, 0.5) is 0 Å². The summed E-state index contributed by atoms with van der Waals surface area (Å²) in [5, 5.41) is 0. The second-order valence-electron chi connectivity index (χ2n) is 4.49. The van der Waals surface area contributed by atoms with Crippen LogP contribution in [0.2, 0.25) is 0 Å². The third-order valence-electron chi connectivity index (χ3n) is 3.27. The highest BCUT2D eigenvalue weighted by atomic mass is 16.3. The zero-order valence-corrected chi connectivity index (χ0v) is 10.9. The first kappa shape index (κ1) is 12.6. The second kappa shape index (κ2) is 4.77. The Kier molecular flexibility index (Phi) is 3.32. The van der Waals surface area contributed by atoms with Crippen molar-refractivity contribution in [3.05, 3.63) is 46.4 Å². The van der Waals surface area contributed by atoms with Crippen molar-refractivity contribution in [2.24, 2.45) is 0 Å². The van der Waals surface area contributed by atoms with Gasteiger partial charge >= 0.3 is 0 Å². The Bertz CT molecular complexity index is 571. The van der Waals surface area contributed by atoms with Gasteiger partial charge in [-0.05, 0) is 39.2 Å². The van der Waals surface area contributed by atoms with Crippen LogP contribution in [-0.2, 0) is 0 Å². The molecule has 1 heterocycles. The summed E-state index contributed by atoms with van der Waals surface area (Å²) in [6.45, 7) is 5.44. The second-order valence-corrected chi connectivity index (χ2v) is 4.49. The average Bonchev–Trinajstić information content (AvgIpc) is 2.73. The lowest BCUT2D eigenvalue weighted by Gasteiger charge is -2.15. The highest BCUT2D eigenvalue weighted by Crippen LogP contribution is 2.31. The molecule has 0 spiro atoms. The van der Waals surface area contributed by atoms with Crippen molar-refractivity contribution in [1.82, 2.24) is 0 Å². The van der Waals surface area contributed by atoms with E-state index in [2.05, 4.69) is 0 Å². The fraction of sp³-hybridized carbons (Fsp3) is 0.333. The van der Waals surface area contributed by atoms with E-state index in [0.29, 0.717) is 23.1 Å². The van der Waals surface area contributed by atoms with Gasteiger partial charge in [0.2, 0.25) is 5.78 Å². The molecule has 0 unspecified atom stereocenters. The lowest BCUT2D eigenvalue weighted by molar-refractivity contribution is 0.0952. The van der Waals surface area contributed by atoms with E-state index in [9.17, 15) is 9.59 Å². The average molecular weight is 244 g/mol. The van der Waals surface area contributed by atoms with Gasteiger partial charge in [0.05, 0.1) is 11.8 Å². The molecule has 0 radical (unpaired) electrons. The van der Waals surface area contributed by atoms with Gasteiger partial charge in [-0.2, -0.15) is 0 Å². The van der Waals surface area contributed by atoms with Crippen LogP contribution in [0.3, 0.4) is 0 Å². The largest absolute Gasteiger partial charge is 0.460 e. The number of fused-ring (bicyclic) bond motifs is 1. The van der Waals surface area contributed by atoms with E-state index in [4.69, 9.17) is 4.42 Å². The normalized spacial score (nSPS) is 15.7. The Labute approximate surface area is 106 Å². The summed E-state index contributed by atoms with van der Waals surface area (Å²) in [5.41, 5.74) is 2.31. The molecular weight excluding hydrogens is 228 g/mol. The van der Waals surface area contributed by atoms with E-state index in [0.717, 1.165) is 12.0 Å². The molecule has 1 aromatic heterocycles. The highest BCUT2D eigenvalue weighted by Gasteiger charge is 2.33. The number of hydrogen-bond donors (Lipinski definition) is 0. The van der Waals surface area contributed by atoms with Crippen molar-refractivity contribution in [2.45, 2.75) is 33.6 Å². The zero-order valence-electron chi connectivity index (χ0n) is 10.9. The Balaban J connectivity index is 2.41. The fourth-order valence-corrected chi connectivity index (χ4v) is 2.22. The molecule has 2 rings (SSSR count). The number of aryl methyl sites for hydroxylation is 1. The molecule has 0 amide bonds. The fourth-order valence-electron chi connectivity index (χ4n) is 2.22. The van der Waals surface area contributed by atoms with E-state index in [-0.39, 0.29) is 17.3 Å². The molecule has 3 heteroatoms. The van der Waals surface area contributed by atoms with Gasteiger partial charge in [-0.1, -0.05) is 12.2 Å². The molecule has 1 aromatic rings. The summed E-state index contributed by atoms with van der Waals surface area (Å²) in [7, 11) is 0. The molecule has 0 N–H and O–H groups in total. The van der Waals surface area contributed by atoms with Crippen molar-refractivity contribution in [2.75, 3.05) is 0 Å². The molecule has 3 nitrogen and oxygen atoms in total. The summed E-state index contributed by atoms with van der Waals surface area (Å²) in [6, 6.07) is 0. The zero-order chi connectivity index (χ0) is 13.3. The van der Waals surface area contributed by atoms with Crippen molar-refractivity contribution in [3.8, 4) is 0 Å². The first-order valence-corrected chi connectivity index (χ1v) is 6.06. The van der Waals surface area contributed by atoms with E-state index in [1.54, 1.807) is 13.8 Å². The molecule has 1 aliphatic carbocycles. The summed E-state index contributed by atoms with van der Waals surface area (Å²) in [5.74, 6) is -0.00962. The summed E-state index contributed by atoms with van der Waals surface area (Å²) < 4.78 is 5.23. The van der Waals surface area contributed by atoms with Crippen LogP contribution in [0.1, 0.15) is 53.2 Å². The number of allylic oxidation sites excluding steroid dienone is 4. The van der Waals surface area contributed by atoms with Crippen LogP contribution in [0, 0.1) is 6.92 Å². The summed E-state index contributed by atoms with van der Waals surface area (Å²) in [6.07, 6.45) is 6.74. The van der Waals surface area contributed by atoms with E-state index >= 15 is 0 Å². The van der Waals surface area contributed by atoms with Crippen LogP contribution in [0.5, 0.6) is 0 Å². The predicted octanol–water partition coefficient (Wildman–Crippen LogP) is 3.64. The SMILES string of the molecule is CC=CCCC1=C(C)C(=O)c2c(C)coc2C1=O. The van der Waals surface area contributed by atoms with Gasteiger partial charge in [0.15, 0.2) is 11.5 Å². The monoisotopic (exact) mass is 244 g/mol. The predicted molar refractivity (Wildman–Crippen MR) is 68.9 cm³/mol. The number of hydrogen-bond acceptors (Lipinski definition) is 3. The van der Waals surface area contributed by atoms with Crippen molar-refractivity contribution >= 4 is 11.6 Å². The number of furan rings is 1. The van der Waals surface area contributed by atoms with Crippen molar-refractivity contribution in [1.29, 1.82) is 0 Å². The smallest absolute Gasteiger partial charge is 0.225 e. The number of carbonyl (C=O) groups excluding carboxylic acids is 2. The molecule has 0 saturated heterocycles. The Hall–Kier alpha value is -1.90. The Morgan fingerprint density at radius 1 is 1.22 bits per heavy atom. The molecular formula is C15H16O3. The van der Waals surface area contributed by atoms with E-state index < -0.39 is 0 Å². The standard InChI is InChI=1S/C15H16O3/c1-4-5-6-7-11-10(3)13(16)12-9(2)8-18-15(12)14(11)17/h4-5,8H,6-7H2,1-3H3. The van der Waals surface area contributed by atoms with Gasteiger partial charge in [0.25, 0.3) is 0 Å². The molecule has 0 saturated carbocycles. The van der Waals surface area contributed by atoms with Gasteiger partial charge in [0.1, 0.15) is 0 Å². The number of rotatable bonds is 3. The molecule has 0 aliphatic heterocycles. The maximum Gasteiger partial charge on any atom is 0.225 e. The first-order valence-electron chi connectivity index (χ1n) is 6.06. The maximum absolute atomic E-state index is 12.3. The maximum atomic E-state index is 12.3. The number of Topliss-reactive ketones (excluding diaryl/α,β-unsaturated/α-hetero) is 2. The first-order chi connectivity index (χ1) is 8.57. The molecule has 0 bridgehead atoms. The summed E-state index contributed by atoms with van der Waals surface area (Å²) >= 11 is 0. The highest BCUT2D eigenvalue weighted by molar-refractivity contribution is 6.26. The molecule has 0 fully saturated rings. The van der Waals surface area contributed by atoms with Gasteiger partial charge < -0.3 is 4.42 Å². The van der Waals surface area contributed by atoms with Gasteiger partial charge in [0, 0.05) is 11.1 Å². The lowest BCUT2D eigenvalue weighted by Crippen LogP contribution is -2.20. The molecule has 94 valence electrons. The molecule has 0 aromatic carbocycles. The number of ketones is 2. The van der Waals surface area contributed by atoms with Crippen LogP contribution < -0.4 is 0 Å². The molecule has 1 aliphatic rings. The topological polar surface area (TPSA) is 47.3 Å². The lowest BCUT2D eigenvalue weighted by atomic mass is 9.86. The van der Waals surface area contributed by atoms with Crippen LogP contribution >= 0.6 is 0 Å². The Morgan fingerprint density at radius 3 is 2.61 bits per heavy atom. The van der Waals surface area contributed by atoms with Crippen molar-refractivity contribution < 1.29 is 14.0 Å². The minimum atomic E-state index is -0.139. The van der Waals surface area contributed by atoms with E-state index in [1.165, 1.54) is 6.26 Å². The Morgan fingerprint density at radius 2 is 1.94 bits per heavy atom. The molecule has 18 heavy (non-hydrogen) atoms. The summed E-state index contributed by atoms with van der Waals surface area (Å²) in [4.78, 5) is 24.5. The van der Waals surface area contributed by atoms with Crippen LogP contribution in [0.15, 0.2) is 34.0 Å². The van der Waals surface area contributed by atoms with Crippen LogP contribution in [-0.4, -0.2) is 11.6 Å². The van der Waals surface area contributed by atoms with Crippen molar-refractivity contribution in [3.63, 3.8) is 0 Å². The minimum absolute atomic E-state index is 0.0775.